The molecule has 0 fully saturated rings. The van der Waals surface area contributed by atoms with Gasteiger partial charge < -0.3 is 10.8 Å². The molecule has 3 rings (SSSR count). The highest BCUT2D eigenvalue weighted by Gasteiger charge is 2.19. The number of pyridine rings is 1. The molecule has 0 bridgehead atoms. The number of fused-ring (bicyclic) bond motifs is 1. The third-order valence-corrected chi connectivity index (χ3v) is 4.64. The van der Waals surface area contributed by atoms with Gasteiger partial charge in [-0.15, -0.1) is 11.3 Å². The fourth-order valence-electron chi connectivity index (χ4n) is 1.99. The highest BCUT2D eigenvalue weighted by Crippen LogP contribution is 2.34. The minimum atomic E-state index is -1.11. The van der Waals surface area contributed by atoms with E-state index in [0.717, 1.165) is 20.9 Å². The summed E-state index contributed by atoms with van der Waals surface area (Å²) < 4.78 is 0.952. The van der Waals surface area contributed by atoms with Crippen LogP contribution in [0.2, 0.25) is 0 Å². The molecule has 3 N–H and O–H groups in total. The smallest absolute Gasteiger partial charge is 0.326 e. The Morgan fingerprint density at radius 3 is 2.95 bits per heavy atom. The molecule has 2 heterocycles. The van der Waals surface area contributed by atoms with Gasteiger partial charge in [0.25, 0.3) is 0 Å². The first-order valence-electron chi connectivity index (χ1n) is 6.05. The number of hydrogen-bond acceptors (Lipinski definition) is 5. The van der Waals surface area contributed by atoms with E-state index in [1.165, 1.54) is 11.3 Å². The van der Waals surface area contributed by atoms with Gasteiger partial charge in [0.1, 0.15) is 11.0 Å². The topological polar surface area (TPSA) is 89.1 Å². The van der Waals surface area contributed by atoms with Gasteiger partial charge in [0, 0.05) is 27.0 Å². The molecule has 5 nitrogen and oxygen atoms in total. The van der Waals surface area contributed by atoms with Gasteiger partial charge in [-0.1, -0.05) is 22.0 Å². The van der Waals surface area contributed by atoms with Crippen molar-refractivity contribution in [3.8, 4) is 10.6 Å². The second kappa shape index (κ2) is 5.51. The monoisotopic (exact) mass is 363 g/mol. The van der Waals surface area contributed by atoms with E-state index in [1.807, 2.05) is 24.3 Å². The van der Waals surface area contributed by atoms with E-state index in [4.69, 9.17) is 10.8 Å². The van der Waals surface area contributed by atoms with Gasteiger partial charge in [0.15, 0.2) is 0 Å². The zero-order valence-electron chi connectivity index (χ0n) is 10.7. The van der Waals surface area contributed by atoms with Crippen molar-refractivity contribution in [2.24, 2.45) is 5.73 Å². The maximum atomic E-state index is 10.9. The zero-order chi connectivity index (χ0) is 15.0. The maximum Gasteiger partial charge on any atom is 0.326 e. The largest absolute Gasteiger partial charge is 0.480 e. The predicted molar refractivity (Wildman–Crippen MR) is 85.1 cm³/mol. The van der Waals surface area contributed by atoms with Crippen molar-refractivity contribution in [3.05, 3.63) is 46.0 Å². The Kier molecular flexibility index (Phi) is 3.71. The van der Waals surface area contributed by atoms with Gasteiger partial charge in [-0.05, 0) is 18.2 Å². The van der Waals surface area contributed by atoms with Crippen LogP contribution in [0.4, 0.5) is 0 Å². The summed E-state index contributed by atoms with van der Waals surface area (Å²) in [6, 6.07) is 6.56. The van der Waals surface area contributed by atoms with Crippen molar-refractivity contribution in [2.45, 2.75) is 6.04 Å². The number of nitrogens with two attached hydrogens (primary N) is 1. The molecular formula is C14H10BrN3O2S. The van der Waals surface area contributed by atoms with E-state index in [0.29, 0.717) is 10.7 Å². The number of benzene rings is 1. The van der Waals surface area contributed by atoms with Crippen molar-refractivity contribution < 1.29 is 9.90 Å². The van der Waals surface area contributed by atoms with E-state index in [2.05, 4.69) is 25.9 Å². The normalized spacial score (nSPS) is 12.5. The van der Waals surface area contributed by atoms with E-state index in [9.17, 15) is 4.79 Å². The summed E-state index contributed by atoms with van der Waals surface area (Å²) in [6.07, 6.45) is 1.72. The summed E-state index contributed by atoms with van der Waals surface area (Å²) >= 11 is 4.86. The van der Waals surface area contributed by atoms with Crippen LogP contribution in [0.1, 0.15) is 11.7 Å². The summed E-state index contributed by atoms with van der Waals surface area (Å²) in [5.41, 5.74) is 7.62. The van der Waals surface area contributed by atoms with Crippen molar-refractivity contribution in [3.63, 3.8) is 0 Å². The summed E-state index contributed by atoms with van der Waals surface area (Å²) in [4.78, 5) is 19.7. The van der Waals surface area contributed by atoms with Crippen LogP contribution in [0.3, 0.4) is 0 Å². The number of aromatic nitrogens is 2. The number of carboxylic acids is 1. The average molecular weight is 364 g/mol. The van der Waals surface area contributed by atoms with Gasteiger partial charge in [-0.2, -0.15) is 0 Å². The summed E-state index contributed by atoms with van der Waals surface area (Å²) in [7, 11) is 0. The number of rotatable bonds is 3. The first-order valence-corrected chi connectivity index (χ1v) is 7.72. The van der Waals surface area contributed by atoms with Gasteiger partial charge >= 0.3 is 5.97 Å². The molecule has 0 saturated heterocycles. The van der Waals surface area contributed by atoms with E-state index in [1.54, 1.807) is 11.6 Å². The summed E-state index contributed by atoms with van der Waals surface area (Å²) in [5, 5.41) is 12.3. The lowest BCUT2D eigenvalue weighted by Gasteiger charge is -2.05. The molecule has 2 aromatic heterocycles. The Bertz CT molecular complexity index is 834. The molecule has 0 radical (unpaired) electrons. The maximum absolute atomic E-state index is 10.9. The van der Waals surface area contributed by atoms with Crippen LogP contribution in [0.15, 0.2) is 40.3 Å². The first-order chi connectivity index (χ1) is 10.1. The number of hydrogen-bond donors (Lipinski definition) is 2. The third-order valence-electron chi connectivity index (χ3n) is 3.05. The Hall–Kier alpha value is -1.83. The van der Waals surface area contributed by atoms with Crippen molar-refractivity contribution in [1.29, 1.82) is 0 Å². The molecule has 1 aromatic carbocycles. The molecule has 21 heavy (non-hydrogen) atoms. The number of thiazole rings is 1. The Morgan fingerprint density at radius 2 is 2.19 bits per heavy atom. The molecule has 7 heteroatoms. The van der Waals surface area contributed by atoms with E-state index >= 15 is 0 Å². The van der Waals surface area contributed by atoms with Gasteiger partial charge in [0.05, 0.1) is 11.2 Å². The van der Waals surface area contributed by atoms with Crippen molar-refractivity contribution in [1.82, 2.24) is 9.97 Å². The first kappa shape index (κ1) is 14.1. The molecule has 1 atom stereocenters. The Labute approximate surface area is 132 Å². The third kappa shape index (κ3) is 2.55. The fourth-order valence-corrected chi connectivity index (χ4v) is 3.32. The molecule has 0 aliphatic heterocycles. The van der Waals surface area contributed by atoms with Gasteiger partial charge in [-0.25, -0.2) is 4.98 Å². The van der Waals surface area contributed by atoms with E-state index < -0.39 is 12.0 Å². The van der Waals surface area contributed by atoms with Crippen LogP contribution >= 0.6 is 27.3 Å². The summed E-state index contributed by atoms with van der Waals surface area (Å²) in [5.74, 6) is -1.09. The second-order valence-corrected chi connectivity index (χ2v) is 6.10. The lowest BCUT2D eigenvalue weighted by molar-refractivity contribution is -0.138. The molecule has 0 amide bonds. The number of aliphatic carboxylic acids is 1. The number of carboxylic acid groups (broad SMARTS) is 1. The number of carbonyl (C=O) groups is 1. The quantitative estimate of drug-likeness (QED) is 0.745. The Balaban J connectivity index is 2.14. The van der Waals surface area contributed by atoms with Crippen molar-refractivity contribution >= 4 is 44.1 Å². The molecule has 0 spiro atoms. The van der Waals surface area contributed by atoms with Crippen LogP contribution in [-0.4, -0.2) is 21.0 Å². The molecule has 0 aliphatic carbocycles. The fraction of sp³-hybridized carbons (Fsp3) is 0.0714. The van der Waals surface area contributed by atoms with Crippen LogP contribution in [0.25, 0.3) is 21.5 Å². The number of nitrogens with zero attached hydrogens (tertiary/aromatic N) is 2. The highest BCUT2D eigenvalue weighted by atomic mass is 79.9. The van der Waals surface area contributed by atoms with Crippen LogP contribution in [-0.2, 0) is 4.79 Å². The molecule has 0 saturated carbocycles. The second-order valence-electron chi connectivity index (χ2n) is 4.39. The lowest BCUT2D eigenvalue weighted by Crippen LogP contribution is -2.20. The standard InChI is InChI=1S/C14H10BrN3O2S/c15-9-4-3-8(12-7(9)2-1-5-17-12)13-18-10(6-21-13)11(16)14(19)20/h1-6,11H,16H2,(H,19,20). The minimum absolute atomic E-state index is 0.356. The van der Waals surface area contributed by atoms with Crippen LogP contribution in [0, 0.1) is 0 Å². The summed E-state index contributed by atoms with van der Waals surface area (Å²) in [6.45, 7) is 0. The van der Waals surface area contributed by atoms with Gasteiger partial charge in [0.2, 0.25) is 0 Å². The van der Waals surface area contributed by atoms with Gasteiger partial charge in [-0.3, -0.25) is 9.78 Å². The van der Waals surface area contributed by atoms with E-state index in [-0.39, 0.29) is 0 Å². The van der Waals surface area contributed by atoms with Crippen LogP contribution < -0.4 is 5.73 Å². The number of halogens is 1. The molecular weight excluding hydrogens is 354 g/mol. The molecule has 1 unspecified atom stereocenters. The molecule has 0 aliphatic rings. The molecule has 106 valence electrons. The van der Waals surface area contributed by atoms with Crippen LogP contribution in [0.5, 0.6) is 0 Å². The minimum Gasteiger partial charge on any atom is -0.480 e. The highest BCUT2D eigenvalue weighted by molar-refractivity contribution is 9.10. The van der Waals surface area contributed by atoms with Crippen molar-refractivity contribution in [2.75, 3.05) is 0 Å². The SMILES string of the molecule is NC(C(=O)O)c1csc(-c2ccc(Br)c3cccnc23)n1. The average Bonchev–Trinajstić information content (AvgIpc) is 2.96. The zero-order valence-corrected chi connectivity index (χ0v) is 13.1. The Morgan fingerprint density at radius 1 is 1.38 bits per heavy atom. The predicted octanol–water partition coefficient (Wildman–Crippen LogP) is 3.21. The lowest BCUT2D eigenvalue weighted by atomic mass is 10.1. The molecule has 3 aromatic rings.